The van der Waals surface area contributed by atoms with Crippen LogP contribution in [0.1, 0.15) is 12.5 Å². The second kappa shape index (κ2) is 10.5. The number of nitrogens with two attached hydrogens (primary N) is 1. The summed E-state index contributed by atoms with van der Waals surface area (Å²) in [6.07, 6.45) is 1.23. The van der Waals surface area contributed by atoms with Gasteiger partial charge in [-0.25, -0.2) is 10.1 Å². The molecule has 3 aromatic rings. The van der Waals surface area contributed by atoms with Crippen LogP contribution in [0, 0.1) is 0 Å². The molecule has 1 aromatic carbocycles. The van der Waals surface area contributed by atoms with Gasteiger partial charge in [-0.1, -0.05) is 30.3 Å². The zero-order chi connectivity index (χ0) is 23.1. The zero-order valence-corrected chi connectivity index (χ0v) is 18.6. The summed E-state index contributed by atoms with van der Waals surface area (Å²) in [5.74, 6) is -0.842. The molecule has 172 valence electrons. The molecule has 0 radical (unpaired) electrons. The SMILES string of the molecule is COc1nc(N)nc2c1ncn2CCOCP(=O)(NC(C)C(=O)O)OCc1ccccc1. The number of carboxylic acids is 1. The molecule has 0 aliphatic rings. The van der Waals surface area contributed by atoms with E-state index in [0.29, 0.717) is 17.7 Å². The molecule has 0 fully saturated rings. The molecule has 0 saturated carbocycles. The lowest BCUT2D eigenvalue weighted by Gasteiger charge is -2.22. The Hall–Kier alpha value is -3.05. The largest absolute Gasteiger partial charge is 0.480 e. The number of carboxylic acid groups (broad SMARTS) is 1. The Morgan fingerprint density at radius 2 is 2.06 bits per heavy atom. The highest BCUT2D eigenvalue weighted by molar-refractivity contribution is 7.56. The van der Waals surface area contributed by atoms with Crippen molar-refractivity contribution in [2.75, 3.05) is 25.8 Å². The molecule has 12 nitrogen and oxygen atoms in total. The first-order valence-corrected chi connectivity index (χ1v) is 11.5. The lowest BCUT2D eigenvalue weighted by Crippen LogP contribution is -2.33. The highest BCUT2D eigenvalue weighted by atomic mass is 31.2. The van der Waals surface area contributed by atoms with Crippen LogP contribution in [-0.4, -0.2) is 56.7 Å². The van der Waals surface area contributed by atoms with Gasteiger partial charge < -0.3 is 29.4 Å². The molecule has 0 aliphatic carbocycles. The van der Waals surface area contributed by atoms with Crippen molar-refractivity contribution < 1.29 is 28.5 Å². The fourth-order valence-electron chi connectivity index (χ4n) is 2.80. The minimum Gasteiger partial charge on any atom is -0.480 e. The molecule has 0 amide bonds. The van der Waals surface area contributed by atoms with Crippen LogP contribution >= 0.6 is 7.52 Å². The van der Waals surface area contributed by atoms with E-state index in [1.54, 1.807) is 10.9 Å². The van der Waals surface area contributed by atoms with E-state index < -0.39 is 19.5 Å². The lowest BCUT2D eigenvalue weighted by atomic mass is 10.2. The van der Waals surface area contributed by atoms with Gasteiger partial charge in [-0.05, 0) is 12.5 Å². The number of anilines is 1. The van der Waals surface area contributed by atoms with E-state index in [-0.39, 0.29) is 31.4 Å². The van der Waals surface area contributed by atoms with Crippen LogP contribution < -0.4 is 15.6 Å². The number of hydrogen-bond acceptors (Lipinski definition) is 9. The number of aliphatic carboxylic acids is 1. The first-order valence-electron chi connectivity index (χ1n) is 9.69. The number of methoxy groups -OCH3 is 1. The van der Waals surface area contributed by atoms with Crippen LogP contribution in [-0.2, 0) is 31.8 Å². The summed E-state index contributed by atoms with van der Waals surface area (Å²) in [6.45, 7) is 1.89. The maximum Gasteiger partial charge on any atom is 0.320 e. The summed E-state index contributed by atoms with van der Waals surface area (Å²) < 4.78 is 31.2. The number of fused-ring (bicyclic) bond motifs is 1. The van der Waals surface area contributed by atoms with Crippen molar-refractivity contribution in [1.29, 1.82) is 0 Å². The Kier molecular flexibility index (Phi) is 7.75. The molecule has 0 saturated heterocycles. The molecule has 2 heterocycles. The summed E-state index contributed by atoms with van der Waals surface area (Å²) in [6, 6.07) is 8.06. The van der Waals surface area contributed by atoms with Crippen LogP contribution in [0.4, 0.5) is 5.95 Å². The van der Waals surface area contributed by atoms with Crippen LogP contribution in [0.15, 0.2) is 36.7 Å². The number of hydrogen-bond donors (Lipinski definition) is 3. The second-order valence-corrected chi connectivity index (χ2v) is 8.98. The van der Waals surface area contributed by atoms with Gasteiger partial charge in [0.25, 0.3) is 7.52 Å². The van der Waals surface area contributed by atoms with Crippen molar-refractivity contribution in [1.82, 2.24) is 24.6 Å². The Morgan fingerprint density at radius 3 is 2.75 bits per heavy atom. The van der Waals surface area contributed by atoms with Crippen LogP contribution in [0.25, 0.3) is 11.2 Å². The van der Waals surface area contributed by atoms with Crippen molar-refractivity contribution in [3.05, 3.63) is 42.2 Å². The molecular weight excluding hydrogens is 439 g/mol. The summed E-state index contributed by atoms with van der Waals surface area (Å²) in [5.41, 5.74) is 7.43. The minimum absolute atomic E-state index is 0.0442. The first kappa shape index (κ1) is 23.6. The topological polar surface area (TPSA) is 164 Å². The second-order valence-electron chi connectivity index (χ2n) is 6.86. The Labute approximate surface area is 184 Å². The molecule has 0 bridgehead atoms. The Balaban J connectivity index is 1.63. The number of ether oxygens (including phenoxy) is 2. The van der Waals surface area contributed by atoms with E-state index in [1.807, 2.05) is 30.3 Å². The number of nitrogens with one attached hydrogen (secondary N) is 1. The van der Waals surface area contributed by atoms with E-state index in [4.69, 9.17) is 19.7 Å². The summed E-state index contributed by atoms with van der Waals surface area (Å²) in [7, 11) is -2.15. The third kappa shape index (κ3) is 6.01. The van der Waals surface area contributed by atoms with E-state index in [9.17, 15) is 14.5 Å². The monoisotopic (exact) mass is 464 g/mol. The van der Waals surface area contributed by atoms with Gasteiger partial charge in [-0.3, -0.25) is 9.36 Å². The van der Waals surface area contributed by atoms with Crippen molar-refractivity contribution in [3.8, 4) is 5.88 Å². The standard InChI is InChI=1S/C19H25N6O6P/c1-13(18(26)27)24-32(28,31-10-14-6-4-3-5-7-14)12-30-9-8-25-11-21-15-16(25)22-19(20)23-17(15)29-2/h3-7,11,13H,8-10,12H2,1-2H3,(H,24,28)(H,26,27)(H2,20,22,23). The van der Waals surface area contributed by atoms with Gasteiger partial charge in [-0.15, -0.1) is 0 Å². The first-order chi connectivity index (χ1) is 15.3. The average Bonchev–Trinajstić information content (AvgIpc) is 3.18. The number of benzene rings is 1. The number of nitrogen functional groups attached to an aromatic ring is 1. The van der Waals surface area contributed by atoms with Gasteiger partial charge >= 0.3 is 5.97 Å². The van der Waals surface area contributed by atoms with E-state index in [0.717, 1.165) is 5.56 Å². The molecule has 3 rings (SSSR count). The minimum atomic E-state index is -3.61. The molecule has 13 heteroatoms. The zero-order valence-electron chi connectivity index (χ0n) is 17.7. The van der Waals surface area contributed by atoms with Crippen LogP contribution in [0.3, 0.4) is 0 Å². The number of aromatic nitrogens is 4. The molecule has 0 aliphatic heterocycles. The fourth-order valence-corrected chi connectivity index (χ4v) is 4.45. The molecular formula is C19H25N6O6P. The smallest absolute Gasteiger partial charge is 0.320 e. The lowest BCUT2D eigenvalue weighted by molar-refractivity contribution is -0.138. The Bertz CT molecular complexity index is 1110. The fraction of sp³-hybridized carbons (Fsp3) is 0.368. The van der Waals surface area contributed by atoms with E-state index in [2.05, 4.69) is 20.0 Å². The number of rotatable bonds is 12. The molecule has 2 unspecified atom stereocenters. The average molecular weight is 464 g/mol. The Morgan fingerprint density at radius 1 is 1.31 bits per heavy atom. The highest BCUT2D eigenvalue weighted by Crippen LogP contribution is 2.43. The van der Waals surface area contributed by atoms with Crippen molar-refractivity contribution in [2.24, 2.45) is 0 Å². The third-order valence-electron chi connectivity index (χ3n) is 4.42. The molecule has 4 N–H and O–H groups in total. The predicted molar refractivity (Wildman–Crippen MR) is 116 cm³/mol. The highest BCUT2D eigenvalue weighted by Gasteiger charge is 2.28. The molecule has 2 aromatic heterocycles. The van der Waals surface area contributed by atoms with Crippen molar-refractivity contribution >= 4 is 30.6 Å². The van der Waals surface area contributed by atoms with Crippen molar-refractivity contribution in [3.63, 3.8) is 0 Å². The number of imidazole rings is 1. The normalized spacial score (nSPS) is 14.2. The van der Waals surface area contributed by atoms with Gasteiger partial charge in [0, 0.05) is 6.54 Å². The van der Waals surface area contributed by atoms with E-state index in [1.165, 1.54) is 14.0 Å². The van der Waals surface area contributed by atoms with E-state index >= 15 is 0 Å². The van der Waals surface area contributed by atoms with Gasteiger partial charge in [-0.2, -0.15) is 9.97 Å². The number of nitrogens with zero attached hydrogens (tertiary/aromatic N) is 4. The summed E-state index contributed by atoms with van der Waals surface area (Å²) in [5, 5.41) is 11.7. The number of carbonyl (C=O) groups is 1. The quantitative estimate of drug-likeness (QED) is 0.265. The van der Waals surface area contributed by atoms with Crippen molar-refractivity contribution in [2.45, 2.75) is 26.1 Å². The predicted octanol–water partition coefficient (Wildman–Crippen LogP) is 1.86. The van der Waals surface area contributed by atoms with Gasteiger partial charge in [0.15, 0.2) is 11.2 Å². The molecule has 32 heavy (non-hydrogen) atoms. The van der Waals surface area contributed by atoms with Gasteiger partial charge in [0.2, 0.25) is 11.8 Å². The van der Waals surface area contributed by atoms with Crippen LogP contribution in [0.5, 0.6) is 5.88 Å². The summed E-state index contributed by atoms with van der Waals surface area (Å²) >= 11 is 0. The summed E-state index contributed by atoms with van der Waals surface area (Å²) in [4.78, 5) is 23.6. The molecule has 0 spiro atoms. The third-order valence-corrected chi connectivity index (χ3v) is 6.27. The van der Waals surface area contributed by atoms with Gasteiger partial charge in [0.1, 0.15) is 12.4 Å². The van der Waals surface area contributed by atoms with Gasteiger partial charge in [0.05, 0.1) is 26.7 Å². The van der Waals surface area contributed by atoms with Crippen LogP contribution in [0.2, 0.25) is 0 Å². The molecule has 2 atom stereocenters. The maximum atomic E-state index is 13.2. The maximum absolute atomic E-state index is 13.2.